The van der Waals surface area contributed by atoms with E-state index in [1.807, 2.05) is 0 Å². The highest BCUT2D eigenvalue weighted by molar-refractivity contribution is 5.81. The van der Waals surface area contributed by atoms with Gasteiger partial charge in [0.25, 0.3) is 0 Å². The molecule has 3 heteroatoms. The summed E-state index contributed by atoms with van der Waals surface area (Å²) in [5.41, 5.74) is 0. The van der Waals surface area contributed by atoms with Crippen LogP contribution in [0.4, 0.5) is 0 Å². The Morgan fingerprint density at radius 2 is 2.06 bits per heavy atom. The number of nitrogens with one attached hydrogen (secondary N) is 1. The number of esters is 1. The van der Waals surface area contributed by atoms with Crippen molar-refractivity contribution in [2.24, 2.45) is 5.92 Å². The smallest absolute Gasteiger partial charge is 0.331 e. The molecule has 1 aliphatic carbocycles. The van der Waals surface area contributed by atoms with E-state index in [0.29, 0.717) is 6.04 Å². The quantitative estimate of drug-likeness (QED) is 0.577. The lowest BCUT2D eigenvalue weighted by Crippen LogP contribution is -2.29. The predicted molar refractivity (Wildman–Crippen MR) is 64.9 cm³/mol. The zero-order chi connectivity index (χ0) is 11.8. The highest BCUT2D eigenvalue weighted by atomic mass is 16.5. The molecule has 0 bridgehead atoms. The number of carbonyl (C=O) groups excluding carboxylic acids is 1. The fraction of sp³-hybridized carbons (Fsp3) is 0.769. The number of carbonyl (C=O) groups is 1. The first-order valence-electron chi connectivity index (χ1n) is 6.26. The lowest BCUT2D eigenvalue weighted by atomic mass is 9.83. The molecule has 0 atom stereocenters. The summed E-state index contributed by atoms with van der Waals surface area (Å²) in [6, 6.07) is 0.536. The minimum atomic E-state index is -0.299. The average Bonchev–Trinajstić information content (AvgIpc) is 2.31. The van der Waals surface area contributed by atoms with Gasteiger partial charge in [-0.05, 0) is 31.6 Å². The van der Waals surface area contributed by atoms with Crippen molar-refractivity contribution in [2.45, 2.75) is 51.5 Å². The van der Waals surface area contributed by atoms with Crippen molar-refractivity contribution >= 4 is 5.97 Å². The van der Waals surface area contributed by atoms with Gasteiger partial charge in [0.05, 0.1) is 7.11 Å². The summed E-state index contributed by atoms with van der Waals surface area (Å²) < 4.78 is 4.52. The maximum Gasteiger partial charge on any atom is 0.331 e. The van der Waals surface area contributed by atoms with E-state index >= 15 is 0 Å². The molecule has 3 nitrogen and oxygen atoms in total. The first-order valence-corrected chi connectivity index (χ1v) is 6.26. The molecular weight excluding hydrogens is 202 g/mol. The second-order valence-corrected chi connectivity index (χ2v) is 4.53. The lowest BCUT2D eigenvalue weighted by Gasteiger charge is -2.28. The van der Waals surface area contributed by atoms with E-state index < -0.39 is 0 Å². The summed E-state index contributed by atoms with van der Waals surface area (Å²) in [4.78, 5) is 10.8. The van der Waals surface area contributed by atoms with Crippen molar-refractivity contribution < 1.29 is 9.53 Å². The third kappa shape index (κ3) is 4.69. The Bertz CT molecular complexity index is 230. The van der Waals surface area contributed by atoms with Gasteiger partial charge in [0.1, 0.15) is 0 Å². The van der Waals surface area contributed by atoms with E-state index in [1.54, 1.807) is 6.20 Å². The standard InChI is InChI=1S/C13H23NO2/c1-3-4-11-5-7-12(8-6-11)14-10-9-13(15)16-2/h9-12,14H,3-8H2,1-2H3/b10-9+. The molecule has 1 N–H and O–H groups in total. The van der Waals surface area contributed by atoms with Crippen LogP contribution in [0, 0.1) is 5.92 Å². The van der Waals surface area contributed by atoms with Crippen molar-refractivity contribution in [1.29, 1.82) is 0 Å². The first-order chi connectivity index (χ1) is 7.76. The molecule has 16 heavy (non-hydrogen) atoms. The molecule has 0 unspecified atom stereocenters. The Hall–Kier alpha value is -0.990. The number of methoxy groups -OCH3 is 1. The van der Waals surface area contributed by atoms with Crippen molar-refractivity contribution in [2.75, 3.05) is 7.11 Å². The van der Waals surface area contributed by atoms with Crippen LogP contribution in [0.5, 0.6) is 0 Å². The monoisotopic (exact) mass is 225 g/mol. The molecule has 1 rings (SSSR count). The fourth-order valence-electron chi connectivity index (χ4n) is 2.35. The molecule has 0 amide bonds. The second-order valence-electron chi connectivity index (χ2n) is 4.53. The summed E-state index contributed by atoms with van der Waals surface area (Å²) in [6.45, 7) is 2.25. The summed E-state index contributed by atoms with van der Waals surface area (Å²) in [7, 11) is 1.39. The van der Waals surface area contributed by atoms with Crippen molar-refractivity contribution in [3.05, 3.63) is 12.3 Å². The van der Waals surface area contributed by atoms with Gasteiger partial charge in [-0.2, -0.15) is 0 Å². The van der Waals surface area contributed by atoms with Gasteiger partial charge in [-0.25, -0.2) is 4.79 Å². The maximum absolute atomic E-state index is 10.8. The van der Waals surface area contributed by atoms with Gasteiger partial charge in [-0.1, -0.05) is 19.8 Å². The lowest BCUT2D eigenvalue weighted by molar-refractivity contribution is -0.134. The van der Waals surface area contributed by atoms with E-state index in [-0.39, 0.29) is 5.97 Å². The topological polar surface area (TPSA) is 38.3 Å². The van der Waals surface area contributed by atoms with E-state index in [1.165, 1.54) is 51.7 Å². The van der Waals surface area contributed by atoms with Gasteiger partial charge in [0.2, 0.25) is 0 Å². The number of ether oxygens (including phenoxy) is 1. The van der Waals surface area contributed by atoms with E-state index in [0.717, 1.165) is 5.92 Å². The molecule has 1 saturated carbocycles. The zero-order valence-electron chi connectivity index (χ0n) is 10.4. The van der Waals surface area contributed by atoms with E-state index in [9.17, 15) is 4.79 Å². The van der Waals surface area contributed by atoms with Crippen LogP contribution in [-0.2, 0) is 9.53 Å². The molecular formula is C13H23NO2. The van der Waals surface area contributed by atoms with Crippen LogP contribution in [-0.4, -0.2) is 19.1 Å². The summed E-state index contributed by atoms with van der Waals surface area (Å²) in [5, 5.41) is 3.27. The van der Waals surface area contributed by atoms with Crippen LogP contribution < -0.4 is 5.32 Å². The van der Waals surface area contributed by atoms with Crippen LogP contribution in [0.15, 0.2) is 12.3 Å². The molecule has 0 spiro atoms. The Balaban J connectivity index is 2.17. The van der Waals surface area contributed by atoms with Gasteiger partial charge in [-0.15, -0.1) is 0 Å². The van der Waals surface area contributed by atoms with Gasteiger partial charge in [-0.3, -0.25) is 0 Å². The number of rotatable bonds is 5. The summed E-state index contributed by atoms with van der Waals surface area (Å²) in [5.74, 6) is 0.625. The number of hydrogen-bond acceptors (Lipinski definition) is 3. The van der Waals surface area contributed by atoms with Gasteiger partial charge >= 0.3 is 5.97 Å². The number of hydrogen-bond donors (Lipinski definition) is 1. The Morgan fingerprint density at radius 1 is 1.38 bits per heavy atom. The van der Waals surface area contributed by atoms with Crippen molar-refractivity contribution in [3.63, 3.8) is 0 Å². The molecule has 92 valence electrons. The Morgan fingerprint density at radius 3 is 2.62 bits per heavy atom. The van der Waals surface area contributed by atoms with Crippen LogP contribution >= 0.6 is 0 Å². The zero-order valence-corrected chi connectivity index (χ0v) is 10.4. The normalized spacial score (nSPS) is 25.6. The van der Waals surface area contributed by atoms with Crippen LogP contribution in [0.1, 0.15) is 45.4 Å². The SMILES string of the molecule is CCCC1CCC(N/C=C/C(=O)OC)CC1. The Labute approximate surface area is 98.2 Å². The summed E-state index contributed by atoms with van der Waals surface area (Å²) >= 11 is 0. The van der Waals surface area contributed by atoms with Crippen molar-refractivity contribution in [1.82, 2.24) is 5.32 Å². The molecule has 0 aromatic rings. The third-order valence-electron chi connectivity index (χ3n) is 3.30. The van der Waals surface area contributed by atoms with E-state index in [4.69, 9.17) is 0 Å². The maximum atomic E-state index is 10.8. The average molecular weight is 225 g/mol. The Kier molecular flexibility index (Phi) is 5.98. The molecule has 1 fully saturated rings. The minimum Gasteiger partial charge on any atom is -0.466 e. The van der Waals surface area contributed by atoms with Crippen LogP contribution in [0.2, 0.25) is 0 Å². The van der Waals surface area contributed by atoms with E-state index in [2.05, 4.69) is 17.0 Å². The van der Waals surface area contributed by atoms with Gasteiger partial charge in [0.15, 0.2) is 0 Å². The summed E-state index contributed by atoms with van der Waals surface area (Å²) in [6.07, 6.45) is 10.9. The molecule has 0 aliphatic heterocycles. The van der Waals surface area contributed by atoms with Crippen molar-refractivity contribution in [3.8, 4) is 0 Å². The van der Waals surface area contributed by atoms with Gasteiger partial charge < -0.3 is 10.1 Å². The molecule has 0 heterocycles. The highest BCUT2D eigenvalue weighted by Gasteiger charge is 2.19. The molecule has 0 radical (unpaired) electrons. The highest BCUT2D eigenvalue weighted by Crippen LogP contribution is 2.27. The molecule has 0 saturated heterocycles. The van der Waals surface area contributed by atoms with Gasteiger partial charge in [0, 0.05) is 18.3 Å². The molecule has 0 aromatic carbocycles. The first kappa shape index (κ1) is 13.1. The molecule has 0 aromatic heterocycles. The fourth-order valence-corrected chi connectivity index (χ4v) is 2.35. The second kappa shape index (κ2) is 7.31. The predicted octanol–water partition coefficient (Wildman–Crippen LogP) is 2.62. The largest absolute Gasteiger partial charge is 0.466 e. The third-order valence-corrected chi connectivity index (χ3v) is 3.30. The van der Waals surface area contributed by atoms with Crippen LogP contribution in [0.3, 0.4) is 0 Å². The molecule has 1 aliphatic rings. The minimum absolute atomic E-state index is 0.299. The van der Waals surface area contributed by atoms with Crippen LogP contribution in [0.25, 0.3) is 0 Å².